The Morgan fingerprint density at radius 1 is 1.00 bits per heavy atom. The number of hydrogen-bond acceptors (Lipinski definition) is 3. The molecule has 0 bridgehead atoms. The third-order valence-electron chi connectivity index (χ3n) is 14.0. The lowest BCUT2D eigenvalue weighted by Crippen LogP contribution is -2.58. The van der Waals surface area contributed by atoms with E-state index in [1.165, 1.54) is 38.5 Å². The Labute approximate surface area is 225 Å². The summed E-state index contributed by atoms with van der Waals surface area (Å²) >= 11 is 0. The molecule has 0 aromatic rings. The largest absolute Gasteiger partial charge is 0.393 e. The molecular formula is C32H52N2O3. The van der Waals surface area contributed by atoms with Crippen LogP contribution in [-0.4, -0.2) is 66.9 Å². The summed E-state index contributed by atoms with van der Waals surface area (Å²) in [4.78, 5) is 16.0. The molecule has 5 saturated carbocycles. The highest BCUT2D eigenvalue weighted by molar-refractivity contribution is 5.73. The quantitative estimate of drug-likeness (QED) is 0.474. The van der Waals surface area contributed by atoms with Crippen LogP contribution in [0.4, 0.5) is 4.79 Å². The van der Waals surface area contributed by atoms with Gasteiger partial charge in [-0.2, -0.15) is 0 Å². The number of fused-ring (bicyclic) bond motifs is 4. The van der Waals surface area contributed by atoms with Crippen LogP contribution < -0.4 is 0 Å². The fraction of sp³-hybridized carbons (Fsp3) is 0.906. The lowest BCUT2D eigenvalue weighted by Gasteiger charge is -2.63. The average molecular weight is 513 g/mol. The van der Waals surface area contributed by atoms with Gasteiger partial charge in [0.1, 0.15) is 0 Å². The highest BCUT2D eigenvalue weighted by Gasteiger charge is 2.83. The summed E-state index contributed by atoms with van der Waals surface area (Å²) in [5, 5.41) is 10.9. The molecular weight excluding hydrogens is 460 g/mol. The van der Waals surface area contributed by atoms with Crippen LogP contribution in [0.2, 0.25) is 0 Å². The number of rotatable bonds is 3. The first-order chi connectivity index (χ1) is 17.3. The first kappa shape index (κ1) is 26.2. The SMILES string of the molecule is C=C[C@@H]1CC(CN(C)C(=O)N(C)C)OC2C[C@@]3(C)C4CCC5C(C)(C)[C@@H](O)CC[C@@]56CC46CCC3(C)C21. The summed E-state index contributed by atoms with van der Waals surface area (Å²) in [6, 6.07) is 0.0400. The topological polar surface area (TPSA) is 53.0 Å². The molecule has 7 unspecified atom stereocenters. The van der Waals surface area contributed by atoms with Crippen molar-refractivity contribution in [2.45, 2.75) is 104 Å². The van der Waals surface area contributed by atoms with E-state index >= 15 is 0 Å². The minimum atomic E-state index is -0.146. The van der Waals surface area contributed by atoms with Crippen LogP contribution in [0.15, 0.2) is 12.7 Å². The van der Waals surface area contributed by atoms with E-state index in [0.717, 1.165) is 25.2 Å². The van der Waals surface area contributed by atoms with Gasteiger partial charge in [-0.25, -0.2) is 4.79 Å². The first-order valence-electron chi connectivity index (χ1n) is 15.2. The van der Waals surface area contributed by atoms with Gasteiger partial charge >= 0.3 is 6.03 Å². The number of aliphatic hydroxyl groups is 1. The van der Waals surface area contributed by atoms with E-state index in [4.69, 9.17) is 4.74 Å². The van der Waals surface area contributed by atoms with Crippen molar-refractivity contribution < 1.29 is 14.6 Å². The molecule has 5 aliphatic carbocycles. The van der Waals surface area contributed by atoms with Crippen LogP contribution in [0.1, 0.15) is 85.5 Å². The molecule has 0 aromatic heterocycles. The maximum absolute atomic E-state index is 12.5. The molecule has 2 spiro atoms. The number of carbonyl (C=O) groups is 1. The maximum atomic E-state index is 12.5. The van der Waals surface area contributed by atoms with E-state index in [-0.39, 0.29) is 40.6 Å². The van der Waals surface area contributed by atoms with Gasteiger partial charge in [0.25, 0.3) is 0 Å². The van der Waals surface area contributed by atoms with E-state index in [2.05, 4.69) is 40.3 Å². The van der Waals surface area contributed by atoms with Gasteiger partial charge in [-0.05, 0) is 109 Å². The molecule has 2 amide bonds. The Bertz CT molecular complexity index is 979. The van der Waals surface area contributed by atoms with Crippen molar-refractivity contribution in [2.75, 3.05) is 27.7 Å². The number of likely N-dealkylation sites (N-methyl/N-ethyl adjacent to an activating group) is 1. The molecule has 208 valence electrons. The van der Waals surface area contributed by atoms with Gasteiger partial charge in [-0.3, -0.25) is 0 Å². The molecule has 5 nitrogen and oxygen atoms in total. The van der Waals surface area contributed by atoms with Crippen molar-refractivity contribution >= 4 is 6.03 Å². The summed E-state index contributed by atoms with van der Waals surface area (Å²) in [5.41, 5.74) is 1.53. The minimum Gasteiger partial charge on any atom is -0.393 e. The fourth-order valence-electron chi connectivity index (χ4n) is 12.1. The lowest BCUT2D eigenvalue weighted by molar-refractivity contribution is -0.165. The molecule has 6 rings (SSSR count). The second-order valence-electron chi connectivity index (χ2n) is 15.6. The Hall–Kier alpha value is -1.07. The van der Waals surface area contributed by atoms with Crippen LogP contribution in [0.25, 0.3) is 0 Å². The average Bonchev–Trinajstić information content (AvgIpc) is 3.44. The molecule has 0 radical (unpaired) electrons. The highest BCUT2D eigenvalue weighted by atomic mass is 16.5. The van der Waals surface area contributed by atoms with E-state index in [1.54, 1.807) is 4.90 Å². The third-order valence-corrected chi connectivity index (χ3v) is 14.0. The van der Waals surface area contributed by atoms with Gasteiger partial charge in [-0.15, -0.1) is 6.58 Å². The number of carbonyl (C=O) groups excluding carboxylic acids is 1. The summed E-state index contributed by atoms with van der Waals surface area (Å²) in [7, 11) is 5.53. The van der Waals surface area contributed by atoms with E-state index in [1.807, 2.05) is 26.0 Å². The summed E-state index contributed by atoms with van der Waals surface area (Å²) in [6.45, 7) is 14.9. The Balaban J connectivity index is 1.28. The van der Waals surface area contributed by atoms with Crippen LogP contribution in [0.5, 0.6) is 0 Å². The number of ether oxygens (including phenoxy) is 1. The Kier molecular flexibility index (Phi) is 5.65. The molecule has 6 fully saturated rings. The van der Waals surface area contributed by atoms with Crippen LogP contribution in [0, 0.1) is 50.7 Å². The third kappa shape index (κ3) is 3.13. The zero-order valence-electron chi connectivity index (χ0n) is 24.6. The molecule has 6 aliphatic rings. The molecule has 0 aromatic carbocycles. The Morgan fingerprint density at radius 2 is 1.68 bits per heavy atom. The smallest absolute Gasteiger partial charge is 0.319 e. The molecule has 1 aliphatic heterocycles. The van der Waals surface area contributed by atoms with Crippen molar-refractivity contribution in [3.8, 4) is 0 Å². The number of hydrogen-bond donors (Lipinski definition) is 1. The van der Waals surface area contributed by atoms with Gasteiger partial charge in [0.15, 0.2) is 0 Å². The summed E-state index contributed by atoms with van der Waals surface area (Å²) in [6.07, 6.45) is 13.4. The Morgan fingerprint density at radius 3 is 2.35 bits per heavy atom. The summed E-state index contributed by atoms with van der Waals surface area (Å²) in [5.74, 6) is 2.40. The highest BCUT2D eigenvalue weighted by Crippen LogP contribution is 2.89. The second kappa shape index (κ2) is 7.99. The molecule has 1 saturated heterocycles. The van der Waals surface area contributed by atoms with Gasteiger partial charge in [0.05, 0.1) is 18.3 Å². The molecule has 5 heteroatoms. The zero-order chi connectivity index (χ0) is 26.8. The fourth-order valence-corrected chi connectivity index (χ4v) is 12.1. The molecule has 11 atom stereocenters. The monoisotopic (exact) mass is 512 g/mol. The first-order valence-corrected chi connectivity index (χ1v) is 15.2. The normalized spacial score (nSPS) is 53.0. The van der Waals surface area contributed by atoms with Gasteiger partial charge in [-0.1, -0.05) is 33.8 Å². The number of aliphatic hydroxyl groups excluding tert-OH is 1. The van der Waals surface area contributed by atoms with Gasteiger partial charge < -0.3 is 19.6 Å². The van der Waals surface area contributed by atoms with Crippen molar-refractivity contribution in [3.05, 3.63) is 12.7 Å². The molecule has 1 heterocycles. The number of urea groups is 1. The van der Waals surface area contributed by atoms with Crippen LogP contribution in [0.3, 0.4) is 0 Å². The predicted molar refractivity (Wildman–Crippen MR) is 147 cm³/mol. The van der Waals surface area contributed by atoms with Crippen molar-refractivity contribution in [2.24, 2.45) is 50.7 Å². The lowest BCUT2D eigenvalue weighted by atomic mass is 9.41. The van der Waals surface area contributed by atoms with E-state index in [0.29, 0.717) is 35.1 Å². The molecule has 1 N–H and O–H groups in total. The van der Waals surface area contributed by atoms with E-state index < -0.39 is 0 Å². The summed E-state index contributed by atoms with van der Waals surface area (Å²) < 4.78 is 6.95. The molecule has 37 heavy (non-hydrogen) atoms. The maximum Gasteiger partial charge on any atom is 0.319 e. The zero-order valence-corrected chi connectivity index (χ0v) is 24.6. The van der Waals surface area contributed by atoms with Crippen LogP contribution >= 0.6 is 0 Å². The van der Waals surface area contributed by atoms with Crippen molar-refractivity contribution in [1.82, 2.24) is 9.80 Å². The predicted octanol–water partition coefficient (Wildman–Crippen LogP) is 5.97. The standard InChI is InChI=1S/C32H52N2O3/c1-9-20-16-21(18-34(8)27(36)33(6)7)37-22-17-30(5)24-11-10-23-28(2,3)25(35)12-13-31(23)19-32(24,31)15-14-29(30,4)26(20)22/h9,20-26,35H,1,10-19H2,2-8H3/t20-,21?,22?,23?,24?,25+,26?,29?,30+,31-,32?/m1/s1. The van der Waals surface area contributed by atoms with Crippen molar-refractivity contribution in [3.63, 3.8) is 0 Å². The minimum absolute atomic E-state index is 0.0400. The number of allylic oxidation sites excluding steroid dienone is 1. The van der Waals surface area contributed by atoms with Crippen molar-refractivity contribution in [1.29, 1.82) is 0 Å². The van der Waals surface area contributed by atoms with E-state index in [9.17, 15) is 9.90 Å². The number of nitrogens with zero attached hydrogens (tertiary/aromatic N) is 2. The second-order valence-corrected chi connectivity index (χ2v) is 15.6. The van der Waals surface area contributed by atoms with Gasteiger partial charge in [0.2, 0.25) is 0 Å². The number of amides is 2. The van der Waals surface area contributed by atoms with Gasteiger partial charge in [0, 0.05) is 27.7 Å². The van der Waals surface area contributed by atoms with Crippen LogP contribution in [-0.2, 0) is 4.74 Å².